The molecule has 3 N–H and O–H groups in total. The molecule has 1 unspecified atom stereocenters. The average molecular weight is 171 g/mol. The Morgan fingerprint density at radius 1 is 1.64 bits per heavy atom. The van der Waals surface area contributed by atoms with Gasteiger partial charge in [0.1, 0.15) is 0 Å². The van der Waals surface area contributed by atoms with Gasteiger partial charge >= 0.3 is 0 Å². The molecular formula is C8H13NOS. The first-order valence-electron chi connectivity index (χ1n) is 3.65. The van der Waals surface area contributed by atoms with Crippen molar-refractivity contribution in [1.82, 2.24) is 0 Å². The van der Waals surface area contributed by atoms with Gasteiger partial charge in [0.15, 0.2) is 0 Å². The van der Waals surface area contributed by atoms with E-state index in [1.807, 2.05) is 6.92 Å². The molecule has 0 radical (unpaired) electrons. The summed E-state index contributed by atoms with van der Waals surface area (Å²) in [6.07, 6.45) is 0.650. The van der Waals surface area contributed by atoms with Crippen LogP contribution in [0.4, 0.5) is 0 Å². The summed E-state index contributed by atoms with van der Waals surface area (Å²) >= 11 is 1.66. The first-order valence-corrected chi connectivity index (χ1v) is 4.59. The lowest BCUT2D eigenvalue weighted by molar-refractivity contribution is 0.276. The van der Waals surface area contributed by atoms with Gasteiger partial charge in [0.05, 0.1) is 0 Å². The van der Waals surface area contributed by atoms with Gasteiger partial charge in [0.2, 0.25) is 0 Å². The van der Waals surface area contributed by atoms with Crippen molar-refractivity contribution in [2.75, 3.05) is 6.61 Å². The molecule has 0 spiro atoms. The van der Waals surface area contributed by atoms with E-state index in [0.717, 1.165) is 0 Å². The Morgan fingerprint density at radius 3 is 2.82 bits per heavy atom. The van der Waals surface area contributed by atoms with Crippen LogP contribution in [0.1, 0.15) is 23.6 Å². The quantitative estimate of drug-likeness (QED) is 0.723. The fourth-order valence-corrected chi connectivity index (χ4v) is 1.96. The summed E-state index contributed by atoms with van der Waals surface area (Å²) in [6, 6.07) is 0.00579. The maximum atomic E-state index is 8.65. The molecule has 0 saturated heterocycles. The van der Waals surface area contributed by atoms with Crippen LogP contribution in [0.15, 0.2) is 10.8 Å². The minimum atomic E-state index is 0.00579. The molecule has 0 amide bonds. The third-order valence-electron chi connectivity index (χ3n) is 1.73. The highest BCUT2D eigenvalue weighted by Crippen LogP contribution is 2.21. The molecule has 1 aromatic rings. The van der Waals surface area contributed by atoms with Crippen molar-refractivity contribution in [3.63, 3.8) is 0 Å². The van der Waals surface area contributed by atoms with Crippen LogP contribution in [0.2, 0.25) is 0 Å². The predicted molar refractivity (Wildman–Crippen MR) is 47.7 cm³/mol. The monoisotopic (exact) mass is 171 g/mol. The molecule has 0 bridgehead atoms. The second-order valence-corrected chi connectivity index (χ2v) is 3.37. The summed E-state index contributed by atoms with van der Waals surface area (Å²) in [7, 11) is 0. The molecule has 0 aliphatic heterocycles. The molecule has 1 atom stereocenters. The van der Waals surface area contributed by atoms with E-state index in [9.17, 15) is 0 Å². The Hall–Kier alpha value is -0.380. The lowest BCUT2D eigenvalue weighted by atomic mass is 10.1. The Labute approximate surface area is 70.7 Å². The van der Waals surface area contributed by atoms with Crippen LogP contribution in [-0.4, -0.2) is 11.7 Å². The van der Waals surface area contributed by atoms with Gasteiger partial charge in [-0.1, -0.05) is 0 Å². The smallest absolute Gasteiger partial charge is 0.0449 e. The number of hydrogen-bond donors (Lipinski definition) is 2. The van der Waals surface area contributed by atoms with Gasteiger partial charge in [-0.15, -0.1) is 0 Å². The summed E-state index contributed by atoms with van der Waals surface area (Å²) in [4.78, 5) is 0. The number of thiophene rings is 1. The van der Waals surface area contributed by atoms with E-state index in [4.69, 9.17) is 10.8 Å². The van der Waals surface area contributed by atoms with Gasteiger partial charge < -0.3 is 10.8 Å². The minimum absolute atomic E-state index is 0.00579. The van der Waals surface area contributed by atoms with Crippen LogP contribution in [0.3, 0.4) is 0 Å². The third-order valence-corrected chi connectivity index (χ3v) is 2.61. The van der Waals surface area contributed by atoms with Gasteiger partial charge in [-0.2, -0.15) is 11.3 Å². The third kappa shape index (κ3) is 2.02. The normalized spacial score (nSPS) is 13.4. The number of nitrogens with two attached hydrogens (primary N) is 1. The van der Waals surface area contributed by atoms with E-state index in [2.05, 4.69) is 10.8 Å². The summed E-state index contributed by atoms with van der Waals surface area (Å²) < 4.78 is 0. The van der Waals surface area contributed by atoms with Gasteiger partial charge in [0, 0.05) is 12.6 Å². The number of aliphatic hydroxyl groups excluding tert-OH is 1. The number of rotatable bonds is 3. The Kier molecular flexibility index (Phi) is 3.05. The Balaban J connectivity index is 2.67. The number of aliphatic hydroxyl groups is 1. The van der Waals surface area contributed by atoms with Crippen LogP contribution >= 0.6 is 11.3 Å². The molecule has 62 valence electrons. The summed E-state index contributed by atoms with van der Waals surface area (Å²) in [5, 5.41) is 12.8. The van der Waals surface area contributed by atoms with Gasteiger partial charge in [-0.05, 0) is 35.2 Å². The van der Waals surface area contributed by atoms with Crippen LogP contribution in [0.25, 0.3) is 0 Å². The Morgan fingerprint density at radius 2 is 2.36 bits per heavy atom. The van der Waals surface area contributed by atoms with Crippen LogP contribution < -0.4 is 5.73 Å². The highest BCUT2D eigenvalue weighted by atomic mass is 32.1. The van der Waals surface area contributed by atoms with Gasteiger partial charge in [-0.3, -0.25) is 0 Å². The van der Waals surface area contributed by atoms with Crippen molar-refractivity contribution in [2.24, 2.45) is 5.73 Å². The zero-order chi connectivity index (χ0) is 8.27. The first kappa shape index (κ1) is 8.71. The molecule has 0 aromatic carbocycles. The van der Waals surface area contributed by atoms with Crippen molar-refractivity contribution in [1.29, 1.82) is 0 Å². The lowest BCUT2D eigenvalue weighted by Crippen LogP contribution is -2.11. The summed E-state index contributed by atoms with van der Waals surface area (Å²) in [6.45, 7) is 2.21. The van der Waals surface area contributed by atoms with Crippen LogP contribution in [0, 0.1) is 6.92 Å². The van der Waals surface area contributed by atoms with E-state index < -0.39 is 0 Å². The molecule has 1 rings (SSSR count). The fraction of sp³-hybridized carbons (Fsp3) is 0.500. The summed E-state index contributed by atoms with van der Waals surface area (Å²) in [5.74, 6) is 0. The average Bonchev–Trinajstić information content (AvgIpc) is 2.36. The molecule has 0 fully saturated rings. The molecular weight excluding hydrogens is 158 g/mol. The maximum Gasteiger partial charge on any atom is 0.0449 e. The van der Waals surface area contributed by atoms with Gasteiger partial charge in [0.25, 0.3) is 0 Å². The lowest BCUT2D eigenvalue weighted by Gasteiger charge is -2.08. The molecule has 0 aliphatic rings. The van der Waals surface area contributed by atoms with Crippen molar-refractivity contribution in [2.45, 2.75) is 19.4 Å². The van der Waals surface area contributed by atoms with E-state index in [1.54, 1.807) is 11.3 Å². The van der Waals surface area contributed by atoms with E-state index >= 15 is 0 Å². The number of hydrogen-bond acceptors (Lipinski definition) is 3. The van der Waals surface area contributed by atoms with E-state index in [1.165, 1.54) is 11.1 Å². The predicted octanol–water partition coefficient (Wildman–Crippen LogP) is 1.44. The zero-order valence-corrected chi connectivity index (χ0v) is 7.40. The SMILES string of the molecule is Cc1cscc1C(N)CCO. The second kappa shape index (κ2) is 3.85. The van der Waals surface area contributed by atoms with E-state index in [-0.39, 0.29) is 12.6 Å². The maximum absolute atomic E-state index is 8.65. The highest BCUT2D eigenvalue weighted by Gasteiger charge is 2.07. The van der Waals surface area contributed by atoms with Crippen LogP contribution in [0.5, 0.6) is 0 Å². The van der Waals surface area contributed by atoms with E-state index in [0.29, 0.717) is 6.42 Å². The Bertz CT molecular complexity index is 222. The largest absolute Gasteiger partial charge is 0.396 e. The minimum Gasteiger partial charge on any atom is -0.396 e. The molecule has 1 aromatic heterocycles. The molecule has 0 aliphatic carbocycles. The second-order valence-electron chi connectivity index (χ2n) is 2.63. The summed E-state index contributed by atoms with van der Waals surface area (Å²) in [5.41, 5.74) is 8.20. The zero-order valence-electron chi connectivity index (χ0n) is 6.58. The first-order chi connectivity index (χ1) is 5.25. The molecule has 3 heteroatoms. The highest BCUT2D eigenvalue weighted by molar-refractivity contribution is 7.08. The molecule has 2 nitrogen and oxygen atoms in total. The number of aryl methyl sites for hydroxylation is 1. The van der Waals surface area contributed by atoms with Crippen molar-refractivity contribution in [3.05, 3.63) is 21.9 Å². The fourth-order valence-electron chi connectivity index (χ4n) is 1.04. The van der Waals surface area contributed by atoms with Gasteiger partial charge in [-0.25, -0.2) is 0 Å². The standard InChI is InChI=1S/C8H13NOS/c1-6-4-11-5-7(6)8(9)2-3-10/h4-5,8,10H,2-3,9H2,1H3. The molecule has 1 heterocycles. The van der Waals surface area contributed by atoms with Crippen LogP contribution in [-0.2, 0) is 0 Å². The van der Waals surface area contributed by atoms with Crippen molar-refractivity contribution >= 4 is 11.3 Å². The molecule has 0 saturated carbocycles. The molecule has 11 heavy (non-hydrogen) atoms. The topological polar surface area (TPSA) is 46.2 Å². The van der Waals surface area contributed by atoms with Crippen molar-refractivity contribution < 1.29 is 5.11 Å². The van der Waals surface area contributed by atoms with Crippen molar-refractivity contribution in [3.8, 4) is 0 Å².